The van der Waals surface area contributed by atoms with E-state index >= 15 is 0 Å². The average molecular weight is 713 g/mol. The van der Waals surface area contributed by atoms with E-state index in [1.807, 2.05) is 45.3 Å². The van der Waals surface area contributed by atoms with Gasteiger partial charge in [-0.25, -0.2) is 0 Å². The first kappa shape index (κ1) is 28.8. The van der Waals surface area contributed by atoms with Crippen molar-refractivity contribution in [3.8, 4) is 29.5 Å². The molecule has 11 aromatic rings. The van der Waals surface area contributed by atoms with Crippen molar-refractivity contribution in [2.75, 3.05) is 0 Å². The van der Waals surface area contributed by atoms with Crippen LogP contribution in [0.1, 0.15) is 9.75 Å². The topological polar surface area (TPSA) is 9.86 Å². The molecule has 0 aliphatic rings. The minimum Gasteiger partial charge on any atom is -0.300 e. The van der Waals surface area contributed by atoms with Gasteiger partial charge in [0.05, 0.1) is 22.1 Å². The first-order chi connectivity index (χ1) is 24.6. The highest BCUT2D eigenvalue weighted by atomic mass is 32.1. The number of rotatable bonds is 4. The van der Waals surface area contributed by atoms with E-state index in [1.165, 1.54) is 104 Å². The number of aryl methyl sites for hydroxylation is 2. The summed E-state index contributed by atoms with van der Waals surface area (Å²) < 4.78 is 5.07. The third kappa shape index (κ3) is 4.17. The van der Waals surface area contributed by atoms with Crippen molar-refractivity contribution in [2.24, 2.45) is 0 Å². The second-order valence-electron chi connectivity index (χ2n) is 13.0. The van der Waals surface area contributed by atoms with Gasteiger partial charge in [0.15, 0.2) is 0 Å². The maximum absolute atomic E-state index is 2.54. The number of hydrogen-bond donors (Lipinski definition) is 0. The van der Waals surface area contributed by atoms with Crippen LogP contribution in [0.4, 0.5) is 0 Å². The van der Waals surface area contributed by atoms with Crippen LogP contribution >= 0.6 is 45.3 Å². The van der Waals surface area contributed by atoms with Gasteiger partial charge in [-0.1, -0.05) is 72.8 Å². The quantitative estimate of drug-likeness (QED) is 0.172. The van der Waals surface area contributed by atoms with Gasteiger partial charge in [0.25, 0.3) is 0 Å². The van der Waals surface area contributed by atoms with Crippen molar-refractivity contribution in [3.63, 3.8) is 0 Å². The number of fused-ring (bicyclic) bond motifs is 10. The van der Waals surface area contributed by atoms with Gasteiger partial charge >= 0.3 is 0 Å². The summed E-state index contributed by atoms with van der Waals surface area (Å²) in [5.74, 6) is 0. The molecule has 0 saturated carbocycles. The van der Waals surface area contributed by atoms with Gasteiger partial charge in [0.1, 0.15) is 10.0 Å². The number of nitrogens with zero attached hydrogens (tertiary/aromatic N) is 2. The Morgan fingerprint density at radius 2 is 0.780 bits per heavy atom. The summed E-state index contributed by atoms with van der Waals surface area (Å²) in [6.07, 6.45) is 0. The van der Waals surface area contributed by atoms with Gasteiger partial charge < -0.3 is 0 Å². The van der Waals surface area contributed by atoms with Crippen LogP contribution in [0, 0.1) is 13.8 Å². The van der Waals surface area contributed by atoms with Crippen LogP contribution < -0.4 is 0 Å². The molecule has 0 aliphatic carbocycles. The monoisotopic (exact) mass is 712 g/mol. The van der Waals surface area contributed by atoms with E-state index in [0.29, 0.717) is 0 Å². The Labute approximate surface area is 304 Å². The van der Waals surface area contributed by atoms with E-state index in [9.17, 15) is 0 Å². The summed E-state index contributed by atoms with van der Waals surface area (Å²) >= 11 is 7.50. The molecular formula is C44H28N2S4. The van der Waals surface area contributed by atoms with Crippen molar-refractivity contribution >= 4 is 111 Å². The average Bonchev–Trinajstić information content (AvgIpc) is 3.99. The molecule has 6 heteroatoms. The third-order valence-electron chi connectivity index (χ3n) is 10.0. The molecule has 0 aliphatic heterocycles. The molecule has 0 spiro atoms. The van der Waals surface area contributed by atoms with Crippen molar-refractivity contribution in [1.29, 1.82) is 0 Å². The largest absolute Gasteiger partial charge is 0.300 e. The van der Waals surface area contributed by atoms with Crippen LogP contribution in [0.2, 0.25) is 0 Å². The van der Waals surface area contributed by atoms with Crippen LogP contribution in [-0.4, -0.2) is 9.13 Å². The molecule has 5 aromatic carbocycles. The molecule has 0 atom stereocenters. The summed E-state index contributed by atoms with van der Waals surface area (Å²) in [5.41, 5.74) is 5.03. The second-order valence-corrected chi connectivity index (χ2v) is 17.7. The van der Waals surface area contributed by atoms with Crippen LogP contribution in [0.3, 0.4) is 0 Å². The summed E-state index contributed by atoms with van der Waals surface area (Å²) in [4.78, 5) is 7.96. The van der Waals surface area contributed by atoms with Crippen LogP contribution in [0.15, 0.2) is 133 Å². The van der Waals surface area contributed by atoms with Gasteiger partial charge in [-0.2, -0.15) is 0 Å². The molecule has 11 rings (SSSR count). The lowest BCUT2D eigenvalue weighted by atomic mass is 10.0. The molecule has 0 saturated heterocycles. The molecule has 0 bridgehead atoms. The van der Waals surface area contributed by atoms with Crippen molar-refractivity contribution < 1.29 is 0 Å². The number of benzene rings is 5. The van der Waals surface area contributed by atoms with Crippen molar-refractivity contribution in [2.45, 2.75) is 13.8 Å². The number of aromatic nitrogens is 2. The molecule has 0 fully saturated rings. The van der Waals surface area contributed by atoms with E-state index in [4.69, 9.17) is 0 Å². The molecule has 2 nitrogen and oxygen atoms in total. The zero-order valence-electron chi connectivity index (χ0n) is 27.2. The van der Waals surface area contributed by atoms with Gasteiger partial charge in [-0.05, 0) is 85.3 Å². The van der Waals surface area contributed by atoms with Crippen LogP contribution in [0.5, 0.6) is 0 Å². The third-order valence-corrected chi connectivity index (χ3v) is 14.5. The minimum absolute atomic E-state index is 1.24. The molecule has 238 valence electrons. The summed E-state index contributed by atoms with van der Waals surface area (Å²) in [6.45, 7) is 4.37. The van der Waals surface area contributed by atoms with E-state index in [2.05, 4.69) is 156 Å². The van der Waals surface area contributed by atoms with Crippen molar-refractivity contribution in [3.05, 3.63) is 143 Å². The highest BCUT2D eigenvalue weighted by Crippen LogP contribution is 2.46. The smallest absolute Gasteiger partial charge is 0.101 e. The lowest BCUT2D eigenvalue weighted by Crippen LogP contribution is -1.92. The van der Waals surface area contributed by atoms with E-state index in [0.717, 1.165) is 0 Å². The Morgan fingerprint density at radius 3 is 1.22 bits per heavy atom. The van der Waals surface area contributed by atoms with Gasteiger partial charge in [-0.15, -0.1) is 45.3 Å². The summed E-state index contributed by atoms with van der Waals surface area (Å²) in [5, 5.41) is 12.7. The molecule has 0 unspecified atom stereocenters. The fourth-order valence-electron chi connectivity index (χ4n) is 7.80. The lowest BCUT2D eigenvalue weighted by Gasteiger charge is -2.08. The highest BCUT2D eigenvalue weighted by molar-refractivity contribution is 7.24. The Balaban J connectivity index is 1.27. The minimum atomic E-state index is 1.24. The fraction of sp³-hybridized carbons (Fsp3) is 0.0455. The summed E-state index contributed by atoms with van der Waals surface area (Å²) in [7, 11) is 0. The zero-order valence-corrected chi connectivity index (χ0v) is 30.5. The van der Waals surface area contributed by atoms with Gasteiger partial charge in [0, 0.05) is 61.6 Å². The van der Waals surface area contributed by atoms with Crippen molar-refractivity contribution in [1.82, 2.24) is 9.13 Å². The van der Waals surface area contributed by atoms with Crippen LogP contribution in [-0.2, 0) is 0 Å². The Bertz CT molecular complexity index is 2920. The maximum atomic E-state index is 2.54. The highest BCUT2D eigenvalue weighted by Gasteiger charge is 2.22. The van der Waals surface area contributed by atoms with E-state index in [1.54, 1.807) is 0 Å². The van der Waals surface area contributed by atoms with Crippen LogP contribution in [0.25, 0.3) is 94.7 Å². The van der Waals surface area contributed by atoms with Gasteiger partial charge in [-0.3, -0.25) is 9.13 Å². The first-order valence-electron chi connectivity index (χ1n) is 16.7. The Kier molecular flexibility index (Phi) is 6.20. The SMILES string of the molecule is Cc1ccc(-c2ccc(-n3c4cc5c6ccc7ccccc7c6n(-c6ccc(-c7ccc(C)s7)s6)c5cc4c4ccc5ccccc5c43)s2)s1. The van der Waals surface area contributed by atoms with Gasteiger partial charge in [0.2, 0.25) is 0 Å². The normalized spacial score (nSPS) is 12.2. The summed E-state index contributed by atoms with van der Waals surface area (Å²) in [6, 6.07) is 50.1. The Hall–Kier alpha value is -4.98. The second kappa shape index (κ2) is 10.8. The number of hydrogen-bond acceptors (Lipinski definition) is 4. The first-order valence-corrected chi connectivity index (χ1v) is 20.0. The fourth-order valence-corrected chi connectivity index (χ4v) is 11.8. The van der Waals surface area contributed by atoms with E-state index < -0.39 is 0 Å². The maximum Gasteiger partial charge on any atom is 0.101 e. The number of thiophene rings is 4. The molecule has 6 aromatic heterocycles. The predicted molar refractivity (Wildman–Crippen MR) is 222 cm³/mol. The molecular weight excluding hydrogens is 685 g/mol. The molecule has 0 N–H and O–H groups in total. The molecule has 0 radical (unpaired) electrons. The Morgan fingerprint density at radius 1 is 0.360 bits per heavy atom. The molecule has 50 heavy (non-hydrogen) atoms. The zero-order chi connectivity index (χ0) is 33.1. The molecule has 0 amide bonds. The molecule has 6 heterocycles. The standard InChI is InChI=1S/C44H28N2S4/c1-25-11-17-37(47-25)39-19-21-41(49-39)45-35-23-34-32-16-14-28-8-4-6-10-30(28)44(32)46(42-22-20-40(50-42)38-18-12-26(2)48-38)36(34)24-33(35)31-15-13-27-7-3-5-9-29(27)43(31)45/h3-24H,1-2H3. The van der Waals surface area contributed by atoms with E-state index in [-0.39, 0.29) is 0 Å². The lowest BCUT2D eigenvalue weighted by molar-refractivity contribution is 1.22. The predicted octanol–water partition coefficient (Wildman–Crippen LogP) is 14.4.